The summed E-state index contributed by atoms with van der Waals surface area (Å²) in [5, 5.41) is 5.94. The Bertz CT molecular complexity index is 2160. The van der Waals surface area contributed by atoms with E-state index in [0.717, 1.165) is 33.2 Å². The van der Waals surface area contributed by atoms with Gasteiger partial charge in [-0.05, 0) is 40.1 Å². The largest absolute Gasteiger partial charge is 0.278 e. The highest BCUT2D eigenvalue weighted by molar-refractivity contribution is 6.21. The Morgan fingerprint density at radius 2 is 1.05 bits per heavy atom. The predicted octanol–water partition coefficient (Wildman–Crippen LogP) is 9.21. The van der Waals surface area contributed by atoms with Crippen molar-refractivity contribution in [1.29, 1.82) is 0 Å². The minimum Gasteiger partial charge on any atom is -0.278 e. The molecule has 0 fully saturated rings. The molecule has 6 aromatic carbocycles. The lowest BCUT2D eigenvalue weighted by Gasteiger charge is -2.12. The minimum atomic E-state index is 0.678. The Morgan fingerprint density at radius 1 is 0.410 bits per heavy atom. The van der Waals surface area contributed by atoms with Gasteiger partial charge < -0.3 is 0 Å². The summed E-state index contributed by atoms with van der Waals surface area (Å²) in [6.45, 7) is 0. The van der Waals surface area contributed by atoms with Gasteiger partial charge in [-0.3, -0.25) is 4.57 Å². The van der Waals surface area contributed by atoms with Crippen LogP contribution in [0, 0.1) is 0 Å². The molecule has 0 atom stereocenters. The summed E-state index contributed by atoms with van der Waals surface area (Å²) in [6.07, 6.45) is 0. The van der Waals surface area contributed by atoms with E-state index in [1.807, 2.05) is 12.1 Å². The standard InChI is InChI=1S/C36H23N3/c1-2-10-24(11-3-1)25-18-20-27(21-19-25)35-29-14-6-8-16-31(29)37-36(38-35)39-32-17-9-7-15-30(32)34-28-13-5-4-12-26(28)22-23-33(34)39/h1-23H. The van der Waals surface area contributed by atoms with E-state index in [0.29, 0.717) is 5.95 Å². The first-order valence-corrected chi connectivity index (χ1v) is 13.2. The molecule has 0 unspecified atom stereocenters. The van der Waals surface area contributed by atoms with Gasteiger partial charge in [-0.25, -0.2) is 9.97 Å². The van der Waals surface area contributed by atoms with Crippen molar-refractivity contribution >= 4 is 43.5 Å². The Hall–Kier alpha value is -5.28. The van der Waals surface area contributed by atoms with Crippen LogP contribution in [0.25, 0.3) is 71.8 Å². The Kier molecular flexibility index (Phi) is 4.82. The summed E-state index contributed by atoms with van der Waals surface area (Å²) in [4.78, 5) is 10.3. The number of para-hydroxylation sites is 2. The number of benzene rings is 6. The van der Waals surface area contributed by atoms with Crippen LogP contribution in [0.1, 0.15) is 0 Å². The highest BCUT2D eigenvalue weighted by atomic mass is 15.2. The molecule has 39 heavy (non-hydrogen) atoms. The molecule has 8 aromatic rings. The first-order valence-electron chi connectivity index (χ1n) is 13.2. The molecule has 3 nitrogen and oxygen atoms in total. The summed E-state index contributed by atoms with van der Waals surface area (Å²) < 4.78 is 2.21. The van der Waals surface area contributed by atoms with Crippen molar-refractivity contribution in [2.45, 2.75) is 0 Å². The molecule has 2 heterocycles. The van der Waals surface area contributed by atoms with E-state index in [1.165, 1.54) is 32.7 Å². The van der Waals surface area contributed by atoms with Crippen molar-refractivity contribution in [3.8, 4) is 28.3 Å². The lowest BCUT2D eigenvalue weighted by Crippen LogP contribution is -2.03. The molecule has 8 rings (SSSR count). The van der Waals surface area contributed by atoms with E-state index in [1.54, 1.807) is 0 Å². The van der Waals surface area contributed by atoms with E-state index in [9.17, 15) is 0 Å². The third kappa shape index (κ3) is 3.44. The SMILES string of the molecule is c1ccc(-c2ccc(-c3nc(-n4c5ccccc5c5c6ccccc6ccc54)nc4ccccc34)cc2)cc1. The lowest BCUT2D eigenvalue weighted by molar-refractivity contribution is 1.01. The van der Waals surface area contributed by atoms with Crippen molar-refractivity contribution in [3.63, 3.8) is 0 Å². The average molecular weight is 498 g/mol. The van der Waals surface area contributed by atoms with Gasteiger partial charge in [0.25, 0.3) is 0 Å². The highest BCUT2D eigenvalue weighted by Gasteiger charge is 2.18. The zero-order valence-electron chi connectivity index (χ0n) is 21.1. The van der Waals surface area contributed by atoms with Gasteiger partial charge in [0.1, 0.15) is 0 Å². The number of hydrogen-bond acceptors (Lipinski definition) is 2. The van der Waals surface area contributed by atoms with E-state index in [4.69, 9.17) is 9.97 Å². The van der Waals surface area contributed by atoms with Crippen LogP contribution in [0.2, 0.25) is 0 Å². The molecule has 3 heteroatoms. The molecule has 0 aliphatic heterocycles. The summed E-state index contributed by atoms with van der Waals surface area (Å²) >= 11 is 0. The fourth-order valence-corrected chi connectivity index (χ4v) is 5.79. The van der Waals surface area contributed by atoms with Gasteiger partial charge in [-0.2, -0.15) is 0 Å². The average Bonchev–Trinajstić information content (AvgIpc) is 3.36. The second kappa shape index (κ2) is 8.64. The number of aromatic nitrogens is 3. The Morgan fingerprint density at radius 3 is 1.90 bits per heavy atom. The monoisotopic (exact) mass is 497 g/mol. The molecule has 2 aromatic heterocycles. The van der Waals surface area contributed by atoms with E-state index in [-0.39, 0.29) is 0 Å². The first-order chi connectivity index (χ1) is 19.3. The van der Waals surface area contributed by atoms with Gasteiger partial charge in [0.15, 0.2) is 0 Å². The molecule has 0 aliphatic rings. The molecule has 0 bridgehead atoms. The number of hydrogen-bond donors (Lipinski definition) is 0. The quantitative estimate of drug-likeness (QED) is 0.244. The molecule has 0 N–H and O–H groups in total. The molecule has 0 spiro atoms. The lowest BCUT2D eigenvalue weighted by atomic mass is 10.0. The molecular formula is C36H23N3. The van der Waals surface area contributed by atoms with Crippen molar-refractivity contribution in [2.24, 2.45) is 0 Å². The van der Waals surface area contributed by atoms with Crippen LogP contribution in [-0.2, 0) is 0 Å². The predicted molar refractivity (Wildman–Crippen MR) is 162 cm³/mol. The fourth-order valence-electron chi connectivity index (χ4n) is 5.79. The van der Waals surface area contributed by atoms with Crippen molar-refractivity contribution in [3.05, 3.63) is 140 Å². The van der Waals surface area contributed by atoms with Crippen LogP contribution in [-0.4, -0.2) is 14.5 Å². The van der Waals surface area contributed by atoms with Crippen LogP contribution in [0.4, 0.5) is 0 Å². The molecule has 0 radical (unpaired) electrons. The van der Waals surface area contributed by atoms with Crippen LogP contribution in [0.3, 0.4) is 0 Å². The topological polar surface area (TPSA) is 30.7 Å². The molecular weight excluding hydrogens is 474 g/mol. The van der Waals surface area contributed by atoms with Gasteiger partial charge in [0.05, 0.1) is 22.2 Å². The normalized spacial score (nSPS) is 11.6. The third-order valence-corrected chi connectivity index (χ3v) is 7.62. The Balaban J connectivity index is 1.40. The smallest absolute Gasteiger partial charge is 0.235 e. The van der Waals surface area contributed by atoms with Gasteiger partial charge in [-0.1, -0.05) is 121 Å². The molecule has 0 saturated carbocycles. The zero-order valence-corrected chi connectivity index (χ0v) is 21.1. The fraction of sp³-hybridized carbons (Fsp3) is 0. The second-order valence-corrected chi connectivity index (χ2v) is 9.87. The maximum Gasteiger partial charge on any atom is 0.235 e. The highest BCUT2D eigenvalue weighted by Crippen LogP contribution is 2.37. The van der Waals surface area contributed by atoms with E-state index >= 15 is 0 Å². The third-order valence-electron chi connectivity index (χ3n) is 7.62. The van der Waals surface area contributed by atoms with E-state index < -0.39 is 0 Å². The van der Waals surface area contributed by atoms with Gasteiger partial charge >= 0.3 is 0 Å². The maximum absolute atomic E-state index is 5.25. The Labute approximate surface area is 225 Å². The zero-order chi connectivity index (χ0) is 25.8. The van der Waals surface area contributed by atoms with Crippen LogP contribution in [0.5, 0.6) is 0 Å². The van der Waals surface area contributed by atoms with Gasteiger partial charge in [0.2, 0.25) is 5.95 Å². The van der Waals surface area contributed by atoms with E-state index in [2.05, 4.69) is 132 Å². The number of fused-ring (bicyclic) bond motifs is 6. The minimum absolute atomic E-state index is 0.678. The number of rotatable bonds is 3. The second-order valence-electron chi connectivity index (χ2n) is 9.87. The van der Waals surface area contributed by atoms with Gasteiger partial charge in [0, 0.05) is 21.7 Å². The van der Waals surface area contributed by atoms with Crippen molar-refractivity contribution in [2.75, 3.05) is 0 Å². The van der Waals surface area contributed by atoms with Crippen LogP contribution >= 0.6 is 0 Å². The van der Waals surface area contributed by atoms with Crippen LogP contribution < -0.4 is 0 Å². The first kappa shape index (κ1) is 21.8. The summed E-state index contributed by atoms with van der Waals surface area (Å²) in [6, 6.07) is 49.0. The number of nitrogens with zero attached hydrogens (tertiary/aromatic N) is 3. The summed E-state index contributed by atoms with van der Waals surface area (Å²) in [7, 11) is 0. The van der Waals surface area contributed by atoms with Crippen molar-refractivity contribution in [1.82, 2.24) is 14.5 Å². The maximum atomic E-state index is 5.25. The van der Waals surface area contributed by atoms with Crippen LogP contribution in [0.15, 0.2) is 140 Å². The molecule has 0 saturated heterocycles. The molecule has 182 valence electrons. The summed E-state index contributed by atoms with van der Waals surface area (Å²) in [5.41, 5.74) is 7.53. The van der Waals surface area contributed by atoms with Gasteiger partial charge in [-0.15, -0.1) is 0 Å². The molecule has 0 amide bonds. The van der Waals surface area contributed by atoms with Crippen molar-refractivity contribution < 1.29 is 0 Å². The summed E-state index contributed by atoms with van der Waals surface area (Å²) in [5.74, 6) is 0.678. The molecule has 0 aliphatic carbocycles.